The van der Waals surface area contributed by atoms with Crippen molar-refractivity contribution in [2.45, 2.75) is 37.9 Å². The van der Waals surface area contributed by atoms with Crippen LogP contribution in [0.3, 0.4) is 0 Å². The van der Waals surface area contributed by atoms with E-state index in [0.29, 0.717) is 22.3 Å². The standard InChI is InChI=1S/C19H22N4O5S/c1-12(2)14-9-15(17(25)10-16(14)24)18-20-21-19(29(3,27)28)23(18)8-6-13-5-4-7-22(26)11-13/h4-5,7,9-12,24-25H,6,8H2,1-3H3. The number of phenolic OH excluding ortho intramolecular Hbond substituents is 2. The molecule has 1 aromatic carbocycles. The molecule has 0 unspecified atom stereocenters. The number of phenols is 2. The minimum Gasteiger partial charge on any atom is -0.619 e. The molecule has 0 spiro atoms. The summed E-state index contributed by atoms with van der Waals surface area (Å²) in [4.78, 5) is 0. The van der Waals surface area contributed by atoms with E-state index >= 15 is 0 Å². The van der Waals surface area contributed by atoms with Crippen molar-refractivity contribution < 1.29 is 23.4 Å². The molecule has 2 aromatic heterocycles. The number of pyridine rings is 1. The second kappa shape index (κ2) is 7.70. The lowest BCUT2D eigenvalue weighted by atomic mass is 9.98. The van der Waals surface area contributed by atoms with Crippen LogP contribution in [0.1, 0.15) is 30.9 Å². The van der Waals surface area contributed by atoms with Crippen LogP contribution in [0.4, 0.5) is 0 Å². The number of aromatic nitrogens is 4. The molecule has 10 heteroatoms. The zero-order chi connectivity index (χ0) is 21.3. The molecule has 0 amide bonds. The molecule has 0 saturated heterocycles. The lowest BCUT2D eigenvalue weighted by molar-refractivity contribution is -0.605. The number of rotatable bonds is 6. The SMILES string of the molecule is CC(C)c1cc(-c2nnc(S(C)(=O)=O)n2CCc2ccc[n+]([O-])c2)c(O)cc1O. The molecule has 154 valence electrons. The van der Waals surface area contributed by atoms with Crippen LogP contribution in [-0.4, -0.2) is 39.7 Å². The van der Waals surface area contributed by atoms with Crippen LogP contribution in [0.2, 0.25) is 0 Å². The fourth-order valence-corrected chi connectivity index (χ4v) is 3.86. The van der Waals surface area contributed by atoms with Crippen molar-refractivity contribution in [2.75, 3.05) is 6.26 Å². The molecule has 3 aromatic rings. The summed E-state index contributed by atoms with van der Waals surface area (Å²) in [5.41, 5.74) is 1.56. The Hall–Kier alpha value is -3.14. The van der Waals surface area contributed by atoms with Gasteiger partial charge in [0.15, 0.2) is 18.2 Å². The van der Waals surface area contributed by atoms with Gasteiger partial charge in [0, 0.05) is 30.5 Å². The first-order chi connectivity index (χ1) is 13.6. The van der Waals surface area contributed by atoms with Crippen molar-refractivity contribution >= 4 is 9.84 Å². The summed E-state index contributed by atoms with van der Waals surface area (Å²) < 4.78 is 26.5. The molecular weight excluding hydrogens is 396 g/mol. The van der Waals surface area contributed by atoms with E-state index < -0.39 is 9.84 Å². The molecular formula is C19H22N4O5S. The summed E-state index contributed by atoms with van der Waals surface area (Å²) in [7, 11) is -3.69. The molecule has 0 aliphatic rings. The van der Waals surface area contributed by atoms with E-state index in [2.05, 4.69) is 10.2 Å². The fourth-order valence-electron chi connectivity index (χ4n) is 3.09. The van der Waals surface area contributed by atoms with Crippen LogP contribution < -0.4 is 4.73 Å². The van der Waals surface area contributed by atoms with Crippen LogP contribution in [0.5, 0.6) is 11.5 Å². The number of aryl methyl sites for hydroxylation is 1. The second-order valence-corrected chi connectivity index (χ2v) is 9.04. The van der Waals surface area contributed by atoms with Gasteiger partial charge in [-0.1, -0.05) is 13.8 Å². The first kappa shape index (κ1) is 20.6. The molecule has 2 heterocycles. The lowest BCUT2D eigenvalue weighted by Crippen LogP contribution is -2.25. The topological polar surface area (TPSA) is 132 Å². The minimum absolute atomic E-state index is 0.0306. The maximum atomic E-state index is 12.2. The predicted octanol–water partition coefficient (Wildman–Crippen LogP) is 1.76. The summed E-state index contributed by atoms with van der Waals surface area (Å²) in [5.74, 6) is -0.162. The van der Waals surface area contributed by atoms with E-state index in [0.717, 1.165) is 6.26 Å². The third kappa shape index (κ3) is 4.32. The second-order valence-electron chi connectivity index (χ2n) is 7.13. The molecule has 0 atom stereocenters. The summed E-state index contributed by atoms with van der Waals surface area (Å²) >= 11 is 0. The quantitative estimate of drug-likeness (QED) is 0.460. The van der Waals surface area contributed by atoms with Gasteiger partial charge in [-0.05, 0) is 30.0 Å². The number of sulfone groups is 1. The number of benzene rings is 1. The van der Waals surface area contributed by atoms with Crippen molar-refractivity contribution in [1.82, 2.24) is 14.8 Å². The van der Waals surface area contributed by atoms with Crippen LogP contribution in [0, 0.1) is 5.21 Å². The Balaban J connectivity index is 2.11. The Labute approximate surface area is 168 Å². The van der Waals surface area contributed by atoms with Gasteiger partial charge in [-0.15, -0.1) is 10.2 Å². The van der Waals surface area contributed by atoms with Gasteiger partial charge in [0.05, 0.1) is 5.56 Å². The van der Waals surface area contributed by atoms with Crippen molar-refractivity contribution in [3.8, 4) is 22.9 Å². The van der Waals surface area contributed by atoms with Crippen LogP contribution in [0.15, 0.2) is 41.8 Å². The highest BCUT2D eigenvalue weighted by atomic mass is 32.2. The molecule has 2 N–H and O–H groups in total. The van der Waals surface area contributed by atoms with Crippen LogP contribution in [0.25, 0.3) is 11.4 Å². The van der Waals surface area contributed by atoms with E-state index in [1.54, 1.807) is 18.2 Å². The minimum atomic E-state index is -3.69. The van der Waals surface area contributed by atoms with Crippen LogP contribution >= 0.6 is 0 Å². The highest BCUT2D eigenvalue weighted by molar-refractivity contribution is 7.90. The van der Waals surface area contributed by atoms with Gasteiger partial charge >= 0.3 is 0 Å². The van der Waals surface area contributed by atoms with Gasteiger partial charge in [-0.3, -0.25) is 4.57 Å². The van der Waals surface area contributed by atoms with Gasteiger partial charge in [0.2, 0.25) is 15.0 Å². The fraction of sp³-hybridized carbons (Fsp3) is 0.316. The van der Waals surface area contributed by atoms with Crippen molar-refractivity contribution in [2.24, 2.45) is 0 Å². The van der Waals surface area contributed by atoms with Crippen molar-refractivity contribution in [3.63, 3.8) is 0 Å². The van der Waals surface area contributed by atoms with E-state index in [1.807, 2.05) is 13.8 Å². The third-order valence-electron chi connectivity index (χ3n) is 4.52. The Morgan fingerprint density at radius 2 is 1.93 bits per heavy atom. The van der Waals surface area contributed by atoms with Crippen molar-refractivity contribution in [3.05, 3.63) is 53.0 Å². The Morgan fingerprint density at radius 3 is 2.55 bits per heavy atom. The zero-order valence-corrected chi connectivity index (χ0v) is 17.1. The number of hydrogen-bond donors (Lipinski definition) is 2. The van der Waals surface area contributed by atoms with Gasteiger partial charge in [0.1, 0.15) is 11.5 Å². The Bertz CT molecular complexity index is 1160. The Morgan fingerprint density at radius 1 is 1.21 bits per heavy atom. The average molecular weight is 418 g/mol. The maximum Gasteiger partial charge on any atom is 0.249 e. The highest BCUT2D eigenvalue weighted by Crippen LogP contribution is 2.37. The van der Waals surface area contributed by atoms with Gasteiger partial charge < -0.3 is 15.4 Å². The summed E-state index contributed by atoms with van der Waals surface area (Å²) in [6.07, 6.45) is 4.14. The lowest BCUT2D eigenvalue weighted by Gasteiger charge is -2.14. The average Bonchev–Trinajstić information content (AvgIpc) is 3.04. The first-order valence-electron chi connectivity index (χ1n) is 8.95. The van der Waals surface area contributed by atoms with Gasteiger partial charge in [-0.25, -0.2) is 8.42 Å². The third-order valence-corrected chi connectivity index (χ3v) is 5.48. The van der Waals surface area contributed by atoms with Crippen LogP contribution in [-0.2, 0) is 22.8 Å². The highest BCUT2D eigenvalue weighted by Gasteiger charge is 2.24. The maximum absolute atomic E-state index is 12.2. The molecule has 0 aliphatic heterocycles. The predicted molar refractivity (Wildman–Crippen MR) is 105 cm³/mol. The molecule has 29 heavy (non-hydrogen) atoms. The summed E-state index contributed by atoms with van der Waals surface area (Å²) in [6, 6.07) is 6.15. The first-order valence-corrected chi connectivity index (χ1v) is 10.8. The molecule has 0 fully saturated rings. The monoisotopic (exact) mass is 418 g/mol. The molecule has 0 aliphatic carbocycles. The van der Waals surface area contributed by atoms with E-state index in [1.165, 1.54) is 23.0 Å². The summed E-state index contributed by atoms with van der Waals surface area (Å²) in [5, 5.41) is 39.5. The van der Waals surface area contributed by atoms with Gasteiger partial charge in [-0.2, -0.15) is 4.73 Å². The van der Waals surface area contributed by atoms with E-state index in [-0.39, 0.29) is 40.5 Å². The normalized spacial score (nSPS) is 11.9. The Kier molecular flexibility index (Phi) is 5.47. The molecule has 0 saturated carbocycles. The molecule has 0 radical (unpaired) electrons. The number of hydrogen-bond acceptors (Lipinski definition) is 7. The number of aromatic hydroxyl groups is 2. The van der Waals surface area contributed by atoms with E-state index in [4.69, 9.17) is 0 Å². The number of nitrogens with zero attached hydrogens (tertiary/aromatic N) is 4. The summed E-state index contributed by atoms with van der Waals surface area (Å²) in [6.45, 7) is 3.94. The van der Waals surface area contributed by atoms with E-state index in [9.17, 15) is 23.8 Å². The smallest absolute Gasteiger partial charge is 0.249 e. The zero-order valence-electron chi connectivity index (χ0n) is 16.3. The molecule has 3 rings (SSSR count). The van der Waals surface area contributed by atoms with Gasteiger partial charge in [0.25, 0.3) is 0 Å². The van der Waals surface area contributed by atoms with Crippen molar-refractivity contribution in [1.29, 1.82) is 0 Å². The molecule has 0 bridgehead atoms. The molecule has 9 nitrogen and oxygen atoms in total. The largest absolute Gasteiger partial charge is 0.619 e.